The van der Waals surface area contributed by atoms with Crippen LogP contribution in [0.3, 0.4) is 0 Å². The SMILES string of the molecule is COC(=O)/C(=C/c1ccccc1Cl)C(C)=O. The summed E-state index contributed by atoms with van der Waals surface area (Å²) in [7, 11) is 1.23. The highest BCUT2D eigenvalue weighted by atomic mass is 35.5. The second-order valence-corrected chi connectivity index (χ2v) is 3.53. The summed E-state index contributed by atoms with van der Waals surface area (Å²) in [6, 6.07) is 6.94. The largest absolute Gasteiger partial charge is 0.465 e. The fourth-order valence-corrected chi connectivity index (χ4v) is 1.35. The molecule has 0 aliphatic carbocycles. The number of carbonyl (C=O) groups is 2. The second kappa shape index (κ2) is 5.47. The van der Waals surface area contributed by atoms with Gasteiger partial charge < -0.3 is 4.74 Å². The zero-order valence-electron chi connectivity index (χ0n) is 8.99. The van der Waals surface area contributed by atoms with Crippen LogP contribution in [0.2, 0.25) is 5.02 Å². The molecule has 0 fully saturated rings. The van der Waals surface area contributed by atoms with Crippen molar-refractivity contribution in [3.05, 3.63) is 40.4 Å². The molecule has 0 saturated carbocycles. The average Bonchev–Trinajstić information content (AvgIpc) is 2.26. The van der Waals surface area contributed by atoms with E-state index in [4.69, 9.17) is 11.6 Å². The number of rotatable bonds is 3. The number of hydrogen-bond donors (Lipinski definition) is 0. The molecular weight excluding hydrogens is 228 g/mol. The molecule has 0 aromatic heterocycles. The number of methoxy groups -OCH3 is 1. The molecule has 0 saturated heterocycles. The van der Waals surface area contributed by atoms with Crippen molar-refractivity contribution in [3.63, 3.8) is 0 Å². The molecule has 1 aromatic carbocycles. The Morgan fingerprint density at radius 1 is 1.31 bits per heavy atom. The Bertz CT molecular complexity index is 449. The number of ether oxygens (including phenoxy) is 1. The van der Waals surface area contributed by atoms with Gasteiger partial charge >= 0.3 is 5.97 Å². The molecule has 1 aromatic rings. The average molecular weight is 239 g/mol. The van der Waals surface area contributed by atoms with Crippen LogP contribution in [0.25, 0.3) is 6.08 Å². The number of hydrogen-bond acceptors (Lipinski definition) is 3. The summed E-state index contributed by atoms with van der Waals surface area (Å²) in [4.78, 5) is 22.6. The van der Waals surface area contributed by atoms with Gasteiger partial charge in [-0.15, -0.1) is 0 Å². The fraction of sp³-hybridized carbons (Fsp3) is 0.167. The lowest BCUT2D eigenvalue weighted by Gasteiger charge is -2.02. The van der Waals surface area contributed by atoms with E-state index in [9.17, 15) is 9.59 Å². The van der Waals surface area contributed by atoms with Crippen molar-refractivity contribution in [1.29, 1.82) is 0 Å². The van der Waals surface area contributed by atoms with E-state index in [1.807, 2.05) is 0 Å². The first-order valence-corrected chi connectivity index (χ1v) is 4.99. The molecule has 0 bridgehead atoms. The monoisotopic (exact) mass is 238 g/mol. The summed E-state index contributed by atoms with van der Waals surface area (Å²) in [5.74, 6) is -1.01. The molecule has 0 aliphatic heterocycles. The van der Waals surface area contributed by atoms with Crippen molar-refractivity contribution in [2.24, 2.45) is 0 Å². The quantitative estimate of drug-likeness (QED) is 0.352. The first kappa shape index (κ1) is 12.5. The Kier molecular flexibility index (Phi) is 4.26. The van der Waals surface area contributed by atoms with Crippen LogP contribution in [0.4, 0.5) is 0 Å². The summed E-state index contributed by atoms with van der Waals surface area (Å²) in [6.45, 7) is 1.31. The molecule has 4 heteroatoms. The Balaban J connectivity index is 3.18. The van der Waals surface area contributed by atoms with E-state index in [0.717, 1.165) is 0 Å². The van der Waals surface area contributed by atoms with Gasteiger partial charge in [0.1, 0.15) is 5.57 Å². The van der Waals surface area contributed by atoms with Gasteiger partial charge in [-0.05, 0) is 24.6 Å². The molecule has 0 atom stereocenters. The van der Waals surface area contributed by atoms with Crippen LogP contribution >= 0.6 is 11.6 Å². The van der Waals surface area contributed by atoms with Crippen LogP contribution in [0, 0.1) is 0 Å². The number of carbonyl (C=O) groups excluding carboxylic acids is 2. The Hall–Kier alpha value is -1.61. The molecule has 1 rings (SSSR count). The third kappa shape index (κ3) is 2.94. The molecule has 0 amide bonds. The Labute approximate surface area is 98.7 Å². The maximum Gasteiger partial charge on any atom is 0.341 e. The Morgan fingerprint density at radius 3 is 2.44 bits per heavy atom. The lowest BCUT2D eigenvalue weighted by atomic mass is 10.1. The van der Waals surface area contributed by atoms with Gasteiger partial charge in [0.15, 0.2) is 5.78 Å². The van der Waals surface area contributed by atoms with Crippen molar-refractivity contribution in [2.45, 2.75) is 6.92 Å². The summed E-state index contributed by atoms with van der Waals surface area (Å²) in [5.41, 5.74) is 0.593. The van der Waals surface area contributed by atoms with E-state index in [1.54, 1.807) is 24.3 Å². The molecule has 0 unspecified atom stereocenters. The normalized spacial score (nSPS) is 11.1. The number of esters is 1. The fourth-order valence-electron chi connectivity index (χ4n) is 1.16. The van der Waals surface area contributed by atoms with Crippen LogP contribution in [0.15, 0.2) is 29.8 Å². The number of ketones is 1. The summed E-state index contributed by atoms with van der Waals surface area (Å²) >= 11 is 5.91. The van der Waals surface area contributed by atoms with E-state index < -0.39 is 5.97 Å². The predicted molar refractivity (Wildman–Crippen MR) is 62.1 cm³/mol. The third-order valence-electron chi connectivity index (χ3n) is 1.99. The summed E-state index contributed by atoms with van der Waals surface area (Å²) < 4.78 is 4.51. The van der Waals surface area contributed by atoms with Gasteiger partial charge in [0.05, 0.1) is 7.11 Å². The minimum atomic E-state index is -0.660. The maximum absolute atomic E-state index is 11.3. The van der Waals surface area contributed by atoms with Crippen molar-refractivity contribution in [1.82, 2.24) is 0 Å². The first-order valence-electron chi connectivity index (χ1n) is 4.61. The van der Waals surface area contributed by atoms with Gasteiger partial charge in [-0.1, -0.05) is 29.8 Å². The first-order chi connectivity index (χ1) is 7.56. The van der Waals surface area contributed by atoms with Crippen molar-refractivity contribution >= 4 is 29.4 Å². The van der Waals surface area contributed by atoms with Crippen LogP contribution in [-0.2, 0) is 14.3 Å². The summed E-state index contributed by atoms with van der Waals surface area (Å²) in [5, 5.41) is 0.477. The molecule has 0 aliphatic rings. The van der Waals surface area contributed by atoms with Crippen LogP contribution < -0.4 is 0 Å². The number of benzene rings is 1. The maximum atomic E-state index is 11.3. The summed E-state index contributed by atoms with van der Waals surface area (Å²) in [6.07, 6.45) is 1.43. The van der Waals surface area contributed by atoms with Crippen LogP contribution in [0.5, 0.6) is 0 Å². The van der Waals surface area contributed by atoms with E-state index in [1.165, 1.54) is 20.1 Å². The minimum Gasteiger partial charge on any atom is -0.465 e. The third-order valence-corrected chi connectivity index (χ3v) is 2.33. The molecule has 0 heterocycles. The molecule has 16 heavy (non-hydrogen) atoms. The highest BCUT2D eigenvalue weighted by molar-refractivity contribution is 6.32. The zero-order valence-corrected chi connectivity index (χ0v) is 9.75. The van der Waals surface area contributed by atoms with Crippen molar-refractivity contribution in [2.75, 3.05) is 7.11 Å². The van der Waals surface area contributed by atoms with Crippen molar-refractivity contribution < 1.29 is 14.3 Å². The lowest BCUT2D eigenvalue weighted by Crippen LogP contribution is -2.11. The van der Waals surface area contributed by atoms with Gasteiger partial charge in [0, 0.05) is 5.02 Å². The highest BCUT2D eigenvalue weighted by Crippen LogP contribution is 2.18. The van der Waals surface area contributed by atoms with Gasteiger partial charge in [0.2, 0.25) is 0 Å². The van der Waals surface area contributed by atoms with Gasteiger partial charge in [-0.2, -0.15) is 0 Å². The minimum absolute atomic E-state index is 0.0180. The van der Waals surface area contributed by atoms with E-state index >= 15 is 0 Å². The molecule has 3 nitrogen and oxygen atoms in total. The van der Waals surface area contributed by atoms with Gasteiger partial charge in [0.25, 0.3) is 0 Å². The molecule has 0 spiro atoms. The molecule has 0 N–H and O–H groups in total. The van der Waals surface area contributed by atoms with Crippen molar-refractivity contribution in [3.8, 4) is 0 Å². The van der Waals surface area contributed by atoms with E-state index in [-0.39, 0.29) is 11.4 Å². The smallest absolute Gasteiger partial charge is 0.341 e. The highest BCUT2D eigenvalue weighted by Gasteiger charge is 2.15. The Morgan fingerprint density at radius 2 is 1.94 bits per heavy atom. The van der Waals surface area contributed by atoms with Gasteiger partial charge in [-0.3, -0.25) is 4.79 Å². The van der Waals surface area contributed by atoms with E-state index in [2.05, 4.69) is 4.74 Å². The standard InChI is InChI=1S/C12H11ClO3/c1-8(14)10(12(15)16-2)7-9-5-3-4-6-11(9)13/h3-7H,1-2H3/b10-7+. The van der Waals surface area contributed by atoms with Crippen LogP contribution in [0.1, 0.15) is 12.5 Å². The molecular formula is C12H11ClO3. The predicted octanol–water partition coefficient (Wildman–Crippen LogP) is 2.49. The van der Waals surface area contributed by atoms with E-state index in [0.29, 0.717) is 10.6 Å². The molecule has 84 valence electrons. The topological polar surface area (TPSA) is 43.4 Å². The van der Waals surface area contributed by atoms with Gasteiger partial charge in [-0.25, -0.2) is 4.79 Å². The number of halogens is 1. The molecule has 0 radical (unpaired) electrons. The number of Topliss-reactive ketones (excluding diaryl/α,β-unsaturated/α-hetero) is 1. The zero-order chi connectivity index (χ0) is 12.1. The van der Waals surface area contributed by atoms with Crippen LogP contribution in [-0.4, -0.2) is 18.9 Å². The second-order valence-electron chi connectivity index (χ2n) is 3.13. The lowest BCUT2D eigenvalue weighted by molar-refractivity contribution is -0.137.